The number of aliphatic hydroxyl groups is 1. The summed E-state index contributed by atoms with van der Waals surface area (Å²) >= 11 is 0. The number of hydrogen-bond acceptors (Lipinski definition) is 5. The Morgan fingerprint density at radius 2 is 2.00 bits per heavy atom. The molecule has 0 radical (unpaired) electrons. The van der Waals surface area contributed by atoms with Gasteiger partial charge in [0.2, 0.25) is 0 Å². The first-order valence-electron chi connectivity index (χ1n) is 5.78. The quantitative estimate of drug-likeness (QED) is 0.631. The molecule has 0 fully saturated rings. The van der Waals surface area contributed by atoms with Crippen molar-refractivity contribution in [3.8, 4) is 0 Å². The van der Waals surface area contributed by atoms with E-state index in [1.807, 2.05) is 6.92 Å². The van der Waals surface area contributed by atoms with E-state index in [1.54, 1.807) is 18.6 Å². The Morgan fingerprint density at radius 3 is 2.44 bits per heavy atom. The molecule has 0 aliphatic carbocycles. The maximum Gasteiger partial charge on any atom is 0.422 e. The Balaban J connectivity index is 4.28. The van der Waals surface area contributed by atoms with Crippen LogP contribution in [0.25, 0.3) is 0 Å². The zero-order valence-corrected chi connectivity index (χ0v) is 12.0. The van der Waals surface area contributed by atoms with E-state index in [0.717, 1.165) is 6.42 Å². The number of rotatable bonds is 7. The highest BCUT2D eigenvalue weighted by Gasteiger charge is 2.23. The van der Waals surface area contributed by atoms with Gasteiger partial charge in [0.15, 0.2) is 0 Å². The van der Waals surface area contributed by atoms with Gasteiger partial charge in [-0.05, 0) is 27.2 Å². The lowest BCUT2D eigenvalue weighted by Gasteiger charge is -2.22. The van der Waals surface area contributed by atoms with Gasteiger partial charge in [0, 0.05) is 6.54 Å². The summed E-state index contributed by atoms with van der Waals surface area (Å²) in [5.41, 5.74) is -1.15. The summed E-state index contributed by atoms with van der Waals surface area (Å²) < 4.78 is 31.3. The Labute approximate surface area is 108 Å². The van der Waals surface area contributed by atoms with Crippen LogP contribution in [0.1, 0.15) is 40.5 Å². The van der Waals surface area contributed by atoms with E-state index in [-0.39, 0.29) is 6.54 Å². The Kier molecular flexibility index (Phi) is 6.58. The van der Waals surface area contributed by atoms with Crippen molar-refractivity contribution < 1.29 is 23.1 Å². The van der Waals surface area contributed by atoms with Crippen molar-refractivity contribution in [1.82, 2.24) is 9.44 Å². The van der Waals surface area contributed by atoms with Crippen molar-refractivity contribution in [2.75, 3.05) is 6.54 Å². The van der Waals surface area contributed by atoms with Crippen molar-refractivity contribution in [3.63, 3.8) is 0 Å². The van der Waals surface area contributed by atoms with Gasteiger partial charge in [0.1, 0.15) is 0 Å². The molecule has 0 bridgehead atoms. The molecule has 0 aromatic heterocycles. The average molecular weight is 282 g/mol. The molecule has 3 N–H and O–H groups in total. The van der Waals surface area contributed by atoms with E-state index in [2.05, 4.69) is 9.46 Å². The number of carbonyl (C=O) groups excluding carboxylic acids is 1. The summed E-state index contributed by atoms with van der Waals surface area (Å²) in [6.45, 7) is 6.43. The van der Waals surface area contributed by atoms with Crippen molar-refractivity contribution in [2.45, 2.75) is 52.2 Å². The van der Waals surface area contributed by atoms with Gasteiger partial charge in [-0.3, -0.25) is 0 Å². The van der Waals surface area contributed by atoms with Gasteiger partial charge in [-0.1, -0.05) is 13.3 Å². The molecular weight excluding hydrogens is 260 g/mol. The van der Waals surface area contributed by atoms with Crippen LogP contribution in [0.3, 0.4) is 0 Å². The molecule has 0 aromatic carbocycles. The molecule has 1 amide bonds. The summed E-state index contributed by atoms with van der Waals surface area (Å²) in [4.78, 5) is 11.1. The van der Waals surface area contributed by atoms with Crippen molar-refractivity contribution >= 4 is 16.3 Å². The molecule has 0 heterocycles. The molecule has 0 aromatic rings. The predicted octanol–water partition coefficient (Wildman–Crippen LogP) is 0.507. The van der Waals surface area contributed by atoms with Crippen LogP contribution in [-0.4, -0.2) is 37.9 Å². The highest BCUT2D eigenvalue weighted by Crippen LogP contribution is 2.10. The fraction of sp³-hybridized carbons (Fsp3) is 0.900. The van der Waals surface area contributed by atoms with Gasteiger partial charge in [-0.25, -0.2) is 9.52 Å². The number of ether oxygens (including phenoxy) is 1. The minimum absolute atomic E-state index is 0.175. The van der Waals surface area contributed by atoms with E-state index >= 15 is 0 Å². The molecule has 108 valence electrons. The summed E-state index contributed by atoms with van der Waals surface area (Å²) in [6.07, 6.45) is -0.292. The van der Waals surface area contributed by atoms with Gasteiger partial charge in [-0.2, -0.15) is 13.1 Å². The molecule has 0 spiro atoms. The number of amides is 1. The van der Waals surface area contributed by atoms with Gasteiger partial charge in [0.25, 0.3) is 0 Å². The third-order valence-electron chi connectivity index (χ3n) is 1.99. The second-order valence-electron chi connectivity index (χ2n) is 4.63. The maximum atomic E-state index is 11.4. The van der Waals surface area contributed by atoms with E-state index < -0.39 is 28.0 Å². The van der Waals surface area contributed by atoms with Gasteiger partial charge >= 0.3 is 16.3 Å². The highest BCUT2D eigenvalue weighted by molar-refractivity contribution is 7.88. The molecular formula is C10H22N2O5S. The third kappa shape index (κ3) is 8.26. The summed E-state index contributed by atoms with van der Waals surface area (Å²) in [7, 11) is -4.01. The van der Waals surface area contributed by atoms with Gasteiger partial charge < -0.3 is 9.84 Å². The minimum Gasteiger partial charge on any atom is -0.446 e. The molecule has 0 rings (SSSR count). The van der Waals surface area contributed by atoms with Crippen molar-refractivity contribution in [2.24, 2.45) is 0 Å². The Hall–Kier alpha value is -0.860. The lowest BCUT2D eigenvalue weighted by molar-refractivity contribution is 0.0552. The first-order chi connectivity index (χ1) is 8.08. The van der Waals surface area contributed by atoms with Crippen LogP contribution in [0.15, 0.2) is 0 Å². The zero-order valence-electron chi connectivity index (χ0n) is 11.2. The molecule has 0 saturated carbocycles. The number of nitrogens with one attached hydrogen (secondary N) is 2. The Morgan fingerprint density at radius 1 is 1.44 bits per heavy atom. The van der Waals surface area contributed by atoms with Crippen LogP contribution < -0.4 is 9.44 Å². The third-order valence-corrected chi connectivity index (χ3v) is 2.95. The molecule has 18 heavy (non-hydrogen) atoms. The molecule has 7 nitrogen and oxygen atoms in total. The summed E-state index contributed by atoms with van der Waals surface area (Å²) in [5, 5.41) is 9.79. The first kappa shape index (κ1) is 17.1. The lowest BCUT2D eigenvalue weighted by Crippen LogP contribution is -2.47. The average Bonchev–Trinajstić information content (AvgIpc) is 2.12. The van der Waals surface area contributed by atoms with Crippen LogP contribution in [0.4, 0.5) is 4.79 Å². The van der Waals surface area contributed by atoms with Gasteiger partial charge in [-0.15, -0.1) is 0 Å². The summed E-state index contributed by atoms with van der Waals surface area (Å²) in [6, 6.07) is 0. The normalized spacial score (nSPS) is 15.2. The van der Waals surface area contributed by atoms with E-state index in [4.69, 9.17) is 0 Å². The van der Waals surface area contributed by atoms with E-state index in [9.17, 15) is 18.3 Å². The number of hydrogen-bond donors (Lipinski definition) is 3. The standard InChI is InChI=1S/C10H22N2O5S/c1-5-6-10(4,14)7-11-18(15,16)12-9(13)17-8(2)3/h8,11,14H,5-7H2,1-4H3,(H,12,13). The van der Waals surface area contributed by atoms with Crippen LogP contribution in [0.2, 0.25) is 0 Å². The SMILES string of the molecule is CCCC(C)(O)CNS(=O)(=O)NC(=O)OC(C)C. The number of carbonyl (C=O) groups is 1. The largest absolute Gasteiger partial charge is 0.446 e. The molecule has 0 aliphatic rings. The fourth-order valence-electron chi connectivity index (χ4n) is 1.26. The second-order valence-corrected chi connectivity index (χ2v) is 6.13. The molecule has 8 heteroatoms. The van der Waals surface area contributed by atoms with Gasteiger partial charge in [0.05, 0.1) is 11.7 Å². The summed E-state index contributed by atoms with van der Waals surface area (Å²) in [5.74, 6) is 0. The molecule has 0 aliphatic heterocycles. The van der Waals surface area contributed by atoms with Crippen LogP contribution in [0, 0.1) is 0 Å². The minimum atomic E-state index is -4.01. The molecule has 1 unspecified atom stereocenters. The van der Waals surface area contributed by atoms with Crippen molar-refractivity contribution in [1.29, 1.82) is 0 Å². The van der Waals surface area contributed by atoms with E-state index in [0.29, 0.717) is 6.42 Å². The monoisotopic (exact) mass is 282 g/mol. The lowest BCUT2D eigenvalue weighted by atomic mass is 10.0. The van der Waals surface area contributed by atoms with E-state index in [1.165, 1.54) is 6.92 Å². The first-order valence-corrected chi connectivity index (χ1v) is 7.26. The maximum absolute atomic E-state index is 11.4. The smallest absolute Gasteiger partial charge is 0.422 e. The Bertz CT molecular complexity index is 364. The van der Waals surface area contributed by atoms with Crippen LogP contribution in [-0.2, 0) is 14.9 Å². The molecule has 1 atom stereocenters. The topological polar surface area (TPSA) is 105 Å². The highest BCUT2D eigenvalue weighted by atomic mass is 32.2. The molecule has 0 saturated heterocycles. The zero-order chi connectivity index (χ0) is 14.4. The van der Waals surface area contributed by atoms with Crippen molar-refractivity contribution in [3.05, 3.63) is 0 Å². The van der Waals surface area contributed by atoms with Crippen LogP contribution in [0.5, 0.6) is 0 Å². The second kappa shape index (κ2) is 6.91. The fourth-order valence-corrected chi connectivity index (χ4v) is 2.10. The predicted molar refractivity (Wildman–Crippen MR) is 67.2 cm³/mol. The van der Waals surface area contributed by atoms with Crippen LogP contribution >= 0.6 is 0 Å².